The van der Waals surface area contributed by atoms with Gasteiger partial charge in [-0.15, -0.1) is 11.3 Å². The van der Waals surface area contributed by atoms with E-state index in [0.29, 0.717) is 12.3 Å². The van der Waals surface area contributed by atoms with Gasteiger partial charge < -0.3 is 5.73 Å². The van der Waals surface area contributed by atoms with Crippen LogP contribution < -0.4 is 5.73 Å². The van der Waals surface area contributed by atoms with E-state index >= 15 is 0 Å². The van der Waals surface area contributed by atoms with Crippen LogP contribution in [0.5, 0.6) is 0 Å². The van der Waals surface area contributed by atoms with E-state index in [1.807, 2.05) is 0 Å². The molecule has 2 rings (SSSR count). The van der Waals surface area contributed by atoms with E-state index in [1.165, 1.54) is 9.35 Å². The quantitative estimate of drug-likeness (QED) is 0.928. The lowest BCUT2D eigenvalue weighted by molar-refractivity contribution is -0.119. The van der Waals surface area contributed by atoms with Crippen LogP contribution in [0.1, 0.15) is 24.1 Å². The van der Waals surface area contributed by atoms with Crippen LogP contribution in [0.4, 0.5) is 0 Å². The SMILES string of the molecule is NC(=O)CC1CCN(Cc2sccc2Br)CC1. The summed E-state index contributed by atoms with van der Waals surface area (Å²) in [7, 11) is 0. The smallest absolute Gasteiger partial charge is 0.217 e. The maximum Gasteiger partial charge on any atom is 0.217 e. The highest BCUT2D eigenvalue weighted by molar-refractivity contribution is 9.10. The lowest BCUT2D eigenvalue weighted by Gasteiger charge is -2.31. The predicted molar refractivity (Wildman–Crippen MR) is 73.8 cm³/mol. The molecule has 1 fully saturated rings. The lowest BCUT2D eigenvalue weighted by atomic mass is 9.93. The molecular weight excluding hydrogens is 300 g/mol. The molecule has 2 heterocycles. The van der Waals surface area contributed by atoms with E-state index in [0.717, 1.165) is 32.5 Å². The van der Waals surface area contributed by atoms with Crippen molar-refractivity contribution < 1.29 is 4.79 Å². The van der Waals surface area contributed by atoms with Gasteiger partial charge in [-0.1, -0.05) is 0 Å². The summed E-state index contributed by atoms with van der Waals surface area (Å²) < 4.78 is 1.21. The predicted octanol–water partition coefficient (Wildman–Crippen LogP) is 2.60. The molecule has 94 valence electrons. The first-order chi connectivity index (χ1) is 8.15. The summed E-state index contributed by atoms with van der Waals surface area (Å²) in [5, 5.41) is 2.11. The number of hydrogen-bond acceptors (Lipinski definition) is 3. The van der Waals surface area contributed by atoms with Gasteiger partial charge >= 0.3 is 0 Å². The molecule has 0 bridgehead atoms. The molecule has 1 saturated heterocycles. The topological polar surface area (TPSA) is 46.3 Å². The number of amides is 1. The zero-order valence-electron chi connectivity index (χ0n) is 9.69. The average molecular weight is 317 g/mol. The van der Waals surface area contributed by atoms with Crippen molar-refractivity contribution in [3.63, 3.8) is 0 Å². The Kier molecular flexibility index (Phi) is 4.59. The van der Waals surface area contributed by atoms with Crippen LogP contribution >= 0.6 is 27.3 Å². The highest BCUT2D eigenvalue weighted by Crippen LogP contribution is 2.27. The van der Waals surface area contributed by atoms with E-state index in [1.54, 1.807) is 11.3 Å². The van der Waals surface area contributed by atoms with Gasteiger partial charge in [0.1, 0.15) is 0 Å². The first kappa shape index (κ1) is 13.1. The molecule has 0 saturated carbocycles. The van der Waals surface area contributed by atoms with E-state index in [9.17, 15) is 4.79 Å². The second-order valence-electron chi connectivity index (χ2n) is 4.58. The summed E-state index contributed by atoms with van der Waals surface area (Å²) in [4.78, 5) is 14.7. The Bertz CT molecular complexity index is 386. The van der Waals surface area contributed by atoms with Crippen LogP contribution in [0.15, 0.2) is 15.9 Å². The second-order valence-corrected chi connectivity index (χ2v) is 6.44. The molecule has 0 unspecified atom stereocenters. The number of carbonyl (C=O) groups excluding carboxylic acids is 1. The minimum atomic E-state index is -0.163. The van der Waals surface area contributed by atoms with E-state index < -0.39 is 0 Å². The molecule has 0 spiro atoms. The molecule has 1 aromatic rings. The van der Waals surface area contributed by atoms with Crippen molar-refractivity contribution in [3.8, 4) is 0 Å². The van der Waals surface area contributed by atoms with Gasteiger partial charge in [0, 0.05) is 22.3 Å². The molecular formula is C12H17BrN2OS. The summed E-state index contributed by atoms with van der Waals surface area (Å²) in [6.07, 6.45) is 2.73. The molecule has 2 N–H and O–H groups in total. The Balaban J connectivity index is 1.79. The second kappa shape index (κ2) is 5.98. The average Bonchev–Trinajstić information content (AvgIpc) is 2.67. The van der Waals surface area contributed by atoms with Crippen LogP contribution in [0.2, 0.25) is 0 Å². The van der Waals surface area contributed by atoms with Crippen LogP contribution in [0, 0.1) is 5.92 Å². The number of hydrogen-bond donors (Lipinski definition) is 1. The molecule has 17 heavy (non-hydrogen) atoms. The number of thiophene rings is 1. The molecule has 1 amide bonds. The Labute approximate surface area is 114 Å². The zero-order chi connectivity index (χ0) is 12.3. The molecule has 3 nitrogen and oxygen atoms in total. The van der Waals surface area contributed by atoms with E-state index in [4.69, 9.17) is 5.73 Å². The van der Waals surface area contributed by atoms with Gasteiger partial charge in [0.15, 0.2) is 0 Å². The van der Waals surface area contributed by atoms with Crippen LogP contribution in [0.25, 0.3) is 0 Å². The minimum absolute atomic E-state index is 0.163. The van der Waals surface area contributed by atoms with Gasteiger partial charge in [0.25, 0.3) is 0 Å². The summed E-state index contributed by atoms with van der Waals surface area (Å²) >= 11 is 5.35. The number of rotatable bonds is 4. The van der Waals surface area contributed by atoms with Crippen molar-refractivity contribution >= 4 is 33.2 Å². The number of primary amides is 1. The summed E-state index contributed by atoms with van der Waals surface area (Å²) in [6.45, 7) is 3.16. The Hall–Kier alpha value is -0.390. The first-order valence-electron chi connectivity index (χ1n) is 5.87. The van der Waals surface area contributed by atoms with Crippen molar-refractivity contribution in [2.75, 3.05) is 13.1 Å². The third kappa shape index (κ3) is 3.79. The number of nitrogens with zero attached hydrogens (tertiary/aromatic N) is 1. The maximum absolute atomic E-state index is 10.9. The summed E-state index contributed by atoms with van der Waals surface area (Å²) in [5.74, 6) is 0.333. The number of nitrogens with two attached hydrogens (primary N) is 1. The zero-order valence-corrected chi connectivity index (χ0v) is 12.1. The molecule has 0 aliphatic carbocycles. The fourth-order valence-electron chi connectivity index (χ4n) is 2.27. The highest BCUT2D eigenvalue weighted by atomic mass is 79.9. The largest absolute Gasteiger partial charge is 0.370 e. The van der Waals surface area contributed by atoms with Gasteiger partial charge in [0.05, 0.1) is 0 Å². The number of piperidine rings is 1. The third-order valence-corrected chi connectivity index (χ3v) is 5.17. The van der Waals surface area contributed by atoms with E-state index in [-0.39, 0.29) is 5.91 Å². The van der Waals surface area contributed by atoms with Crippen LogP contribution in [-0.4, -0.2) is 23.9 Å². The first-order valence-corrected chi connectivity index (χ1v) is 7.55. The Morgan fingerprint density at radius 1 is 1.53 bits per heavy atom. The molecule has 5 heteroatoms. The molecule has 0 aromatic carbocycles. The molecule has 1 aliphatic rings. The minimum Gasteiger partial charge on any atom is -0.370 e. The van der Waals surface area contributed by atoms with Crippen molar-refractivity contribution in [3.05, 3.63) is 20.8 Å². The van der Waals surface area contributed by atoms with Crippen molar-refractivity contribution in [2.24, 2.45) is 11.7 Å². The van der Waals surface area contributed by atoms with Crippen LogP contribution in [0.3, 0.4) is 0 Å². The molecule has 1 aliphatic heterocycles. The van der Waals surface area contributed by atoms with Gasteiger partial charge in [-0.3, -0.25) is 9.69 Å². The number of halogens is 1. The molecule has 0 atom stereocenters. The molecule has 0 radical (unpaired) electrons. The highest BCUT2D eigenvalue weighted by Gasteiger charge is 2.21. The standard InChI is InChI=1S/C12H17BrN2OS/c13-10-3-6-17-11(10)8-15-4-1-9(2-5-15)7-12(14)16/h3,6,9H,1-2,4-5,7-8H2,(H2,14,16). The monoisotopic (exact) mass is 316 g/mol. The van der Waals surface area contributed by atoms with E-state index in [2.05, 4.69) is 32.3 Å². The molecule has 1 aromatic heterocycles. The summed E-state index contributed by atoms with van der Waals surface area (Å²) in [5.41, 5.74) is 5.23. The van der Waals surface area contributed by atoms with Crippen molar-refractivity contribution in [1.29, 1.82) is 0 Å². The van der Waals surface area contributed by atoms with Gasteiger partial charge in [0.2, 0.25) is 5.91 Å². The van der Waals surface area contributed by atoms with Gasteiger partial charge in [-0.25, -0.2) is 0 Å². The lowest BCUT2D eigenvalue weighted by Crippen LogP contribution is -2.34. The van der Waals surface area contributed by atoms with Crippen molar-refractivity contribution in [1.82, 2.24) is 4.90 Å². The number of carbonyl (C=O) groups is 1. The Morgan fingerprint density at radius 3 is 2.76 bits per heavy atom. The maximum atomic E-state index is 10.9. The van der Waals surface area contributed by atoms with Crippen LogP contribution in [-0.2, 0) is 11.3 Å². The van der Waals surface area contributed by atoms with Gasteiger partial charge in [-0.05, 0) is 59.2 Å². The Morgan fingerprint density at radius 2 is 2.24 bits per heavy atom. The summed E-state index contributed by atoms with van der Waals surface area (Å²) in [6, 6.07) is 2.10. The fraction of sp³-hybridized carbons (Fsp3) is 0.583. The third-order valence-electron chi connectivity index (χ3n) is 3.26. The number of likely N-dealkylation sites (tertiary alicyclic amines) is 1. The normalized spacial score (nSPS) is 18.4. The van der Waals surface area contributed by atoms with Gasteiger partial charge in [-0.2, -0.15) is 0 Å². The van der Waals surface area contributed by atoms with Crippen molar-refractivity contribution in [2.45, 2.75) is 25.8 Å². The fourth-order valence-corrected chi connectivity index (χ4v) is 3.79.